The summed E-state index contributed by atoms with van der Waals surface area (Å²) in [4.78, 5) is 26.3. The Kier molecular flexibility index (Phi) is 6.86. The summed E-state index contributed by atoms with van der Waals surface area (Å²) < 4.78 is 39.1. The third-order valence-electron chi connectivity index (χ3n) is 9.15. The average molecular weight is 543 g/mol. The molecule has 1 N–H and O–H groups in total. The topological polar surface area (TPSA) is 104 Å². The van der Waals surface area contributed by atoms with Crippen molar-refractivity contribution in [1.82, 2.24) is 9.29 Å². The summed E-state index contributed by atoms with van der Waals surface area (Å²) in [6, 6.07) is 6.68. The molecule has 4 bridgehead atoms. The zero-order chi connectivity index (χ0) is 27.4. The predicted octanol–water partition coefficient (Wildman–Crippen LogP) is 4.68. The predicted molar refractivity (Wildman–Crippen MR) is 142 cm³/mol. The Morgan fingerprint density at radius 3 is 2.13 bits per heavy atom. The molecule has 1 unspecified atom stereocenters. The molecular formula is C29H38N2O6S. The van der Waals surface area contributed by atoms with E-state index in [0.717, 1.165) is 48.6 Å². The molecule has 4 aliphatic rings. The second kappa shape index (κ2) is 9.74. The van der Waals surface area contributed by atoms with Gasteiger partial charge in [-0.2, -0.15) is 0 Å². The number of nitrogens with one attached hydrogen (secondary N) is 1. The number of ether oxygens (including phenoxy) is 2. The summed E-state index contributed by atoms with van der Waals surface area (Å²) in [5.74, 6) is 1.68. The monoisotopic (exact) mass is 542 g/mol. The third-order valence-corrected chi connectivity index (χ3v) is 10.9. The van der Waals surface area contributed by atoms with Crippen LogP contribution in [-0.2, 0) is 30.7 Å². The maximum absolute atomic E-state index is 13.4. The summed E-state index contributed by atoms with van der Waals surface area (Å²) in [6.45, 7) is 7.04. The highest BCUT2D eigenvalue weighted by Crippen LogP contribution is 2.54. The van der Waals surface area contributed by atoms with E-state index in [4.69, 9.17) is 9.47 Å². The van der Waals surface area contributed by atoms with Crippen LogP contribution >= 0.6 is 0 Å². The van der Waals surface area contributed by atoms with Crippen molar-refractivity contribution >= 4 is 22.1 Å². The van der Waals surface area contributed by atoms with E-state index in [9.17, 15) is 18.0 Å². The van der Waals surface area contributed by atoms with Crippen LogP contribution in [0.4, 0.5) is 4.79 Å². The van der Waals surface area contributed by atoms with Crippen molar-refractivity contribution in [1.29, 1.82) is 0 Å². The fourth-order valence-electron chi connectivity index (χ4n) is 7.20. The number of hydrogen-bond acceptors (Lipinski definition) is 6. The molecule has 9 heteroatoms. The zero-order valence-corrected chi connectivity index (χ0v) is 23.6. The van der Waals surface area contributed by atoms with Gasteiger partial charge in [0.15, 0.2) is 0 Å². The molecule has 0 radical (unpaired) electrons. The maximum Gasteiger partial charge on any atom is 0.408 e. The second-order valence-corrected chi connectivity index (χ2v) is 13.7. The van der Waals surface area contributed by atoms with E-state index >= 15 is 0 Å². The number of carbonyl (C=O) groups excluding carboxylic acids is 2. The first-order chi connectivity index (χ1) is 17.9. The molecule has 6 rings (SSSR count). The van der Waals surface area contributed by atoms with Crippen LogP contribution in [0.3, 0.4) is 0 Å². The zero-order valence-electron chi connectivity index (χ0n) is 22.8. The van der Waals surface area contributed by atoms with Crippen LogP contribution in [0.25, 0.3) is 0 Å². The Morgan fingerprint density at radius 2 is 1.58 bits per heavy atom. The fraction of sp³-hybridized carbons (Fsp3) is 0.586. The first-order valence-electron chi connectivity index (χ1n) is 13.5. The summed E-state index contributed by atoms with van der Waals surface area (Å²) in [6.07, 6.45) is 6.60. The number of rotatable bonds is 7. The summed E-state index contributed by atoms with van der Waals surface area (Å²) in [5.41, 5.74) is 1.43. The molecule has 206 valence electrons. The molecule has 0 aliphatic heterocycles. The van der Waals surface area contributed by atoms with E-state index < -0.39 is 27.6 Å². The minimum Gasteiger partial charge on any atom is -0.467 e. The lowest BCUT2D eigenvalue weighted by Crippen LogP contribution is -2.57. The highest BCUT2D eigenvalue weighted by molar-refractivity contribution is 7.90. The highest BCUT2D eigenvalue weighted by Gasteiger charge is 2.50. The molecule has 38 heavy (non-hydrogen) atoms. The molecule has 2 aromatic rings. The van der Waals surface area contributed by atoms with E-state index in [1.165, 1.54) is 23.7 Å². The number of aryl methyl sites for hydroxylation is 1. The van der Waals surface area contributed by atoms with Crippen LogP contribution in [0, 0.1) is 44.4 Å². The Labute approximate surface area is 225 Å². The Morgan fingerprint density at radius 1 is 1.00 bits per heavy atom. The lowest BCUT2D eigenvalue weighted by atomic mass is 9.55. The molecule has 1 aromatic heterocycles. The van der Waals surface area contributed by atoms with Gasteiger partial charge in [0.2, 0.25) is 0 Å². The van der Waals surface area contributed by atoms with E-state index in [1.807, 2.05) is 13.8 Å². The largest absolute Gasteiger partial charge is 0.467 e. The van der Waals surface area contributed by atoms with Crippen molar-refractivity contribution in [3.05, 3.63) is 52.8 Å². The molecule has 4 saturated carbocycles. The highest BCUT2D eigenvalue weighted by atomic mass is 32.2. The molecule has 1 heterocycles. The molecule has 1 atom stereocenters. The first kappa shape index (κ1) is 26.8. The number of methoxy groups -OCH3 is 1. The van der Waals surface area contributed by atoms with Crippen molar-refractivity contribution in [3.63, 3.8) is 0 Å². The molecular weight excluding hydrogens is 504 g/mol. The smallest absolute Gasteiger partial charge is 0.408 e. The SMILES string of the molecule is COC(=O)C(C)(Cc1cn(S(=O)(=O)c2ccc(C)cc2)c(C)c1C)NC(=O)OC1C2CC3CC(C2)CC1C3. The van der Waals surface area contributed by atoms with E-state index in [2.05, 4.69) is 5.32 Å². The van der Waals surface area contributed by atoms with E-state index in [1.54, 1.807) is 38.1 Å². The minimum absolute atomic E-state index is 0.0551. The molecule has 8 nitrogen and oxygen atoms in total. The summed E-state index contributed by atoms with van der Waals surface area (Å²) in [7, 11) is -2.56. The molecule has 4 fully saturated rings. The van der Waals surface area contributed by atoms with Gasteiger partial charge in [0.05, 0.1) is 12.0 Å². The molecule has 0 saturated heterocycles. The number of nitrogens with zero attached hydrogens (tertiary/aromatic N) is 1. The van der Waals surface area contributed by atoms with Crippen molar-refractivity contribution < 1.29 is 27.5 Å². The summed E-state index contributed by atoms with van der Waals surface area (Å²) >= 11 is 0. The van der Waals surface area contributed by atoms with E-state index in [-0.39, 0.29) is 17.4 Å². The Hall–Kier alpha value is -2.81. The first-order valence-corrected chi connectivity index (χ1v) is 14.9. The Bertz CT molecular complexity index is 1320. The van der Waals surface area contributed by atoms with Crippen molar-refractivity contribution in [2.24, 2.45) is 23.7 Å². The van der Waals surface area contributed by atoms with Crippen LogP contribution in [0.15, 0.2) is 35.4 Å². The van der Waals surface area contributed by atoms with Gasteiger partial charge in [-0.15, -0.1) is 0 Å². The molecule has 1 amide bonds. The minimum atomic E-state index is -3.83. The maximum atomic E-state index is 13.4. The van der Waals surface area contributed by atoms with Gasteiger partial charge >= 0.3 is 12.1 Å². The number of alkyl carbamates (subject to hydrolysis) is 1. The van der Waals surface area contributed by atoms with Crippen molar-refractivity contribution in [3.8, 4) is 0 Å². The van der Waals surface area contributed by atoms with Gasteiger partial charge in [0, 0.05) is 18.3 Å². The van der Waals surface area contributed by atoms with Gasteiger partial charge in [-0.05, 0) is 107 Å². The van der Waals surface area contributed by atoms with Crippen molar-refractivity contribution in [2.45, 2.75) is 82.8 Å². The van der Waals surface area contributed by atoms with Gasteiger partial charge in [-0.1, -0.05) is 17.7 Å². The quantitative estimate of drug-likeness (QED) is 0.510. The van der Waals surface area contributed by atoms with Crippen LogP contribution in [-0.4, -0.2) is 43.2 Å². The lowest BCUT2D eigenvalue weighted by Gasteiger charge is -2.53. The Balaban J connectivity index is 1.36. The number of aromatic nitrogens is 1. The number of benzene rings is 1. The normalized spacial score (nSPS) is 27.6. The second-order valence-electron chi connectivity index (χ2n) is 11.9. The number of amides is 1. The molecule has 4 aliphatic carbocycles. The van der Waals surface area contributed by atoms with Crippen molar-refractivity contribution in [2.75, 3.05) is 7.11 Å². The third kappa shape index (κ3) is 4.74. The van der Waals surface area contributed by atoms with Crippen LogP contribution in [0.5, 0.6) is 0 Å². The number of carbonyl (C=O) groups is 2. The van der Waals surface area contributed by atoms with Gasteiger partial charge in [0.1, 0.15) is 11.6 Å². The van der Waals surface area contributed by atoms with Crippen LogP contribution in [0.2, 0.25) is 0 Å². The molecule has 1 aromatic carbocycles. The van der Waals surface area contributed by atoms with Gasteiger partial charge < -0.3 is 14.8 Å². The van der Waals surface area contributed by atoms with E-state index in [0.29, 0.717) is 23.1 Å². The number of esters is 1. The van der Waals surface area contributed by atoms with Gasteiger partial charge in [-0.25, -0.2) is 22.0 Å². The van der Waals surface area contributed by atoms with Crippen LogP contribution in [0.1, 0.15) is 61.4 Å². The fourth-order valence-corrected chi connectivity index (χ4v) is 8.67. The van der Waals surface area contributed by atoms with Crippen LogP contribution < -0.4 is 5.32 Å². The molecule has 0 spiro atoms. The van der Waals surface area contributed by atoms with Gasteiger partial charge in [0.25, 0.3) is 10.0 Å². The average Bonchev–Trinajstić information content (AvgIpc) is 3.14. The van der Waals surface area contributed by atoms with Gasteiger partial charge in [-0.3, -0.25) is 0 Å². The lowest BCUT2D eigenvalue weighted by molar-refractivity contribution is -0.148. The summed E-state index contributed by atoms with van der Waals surface area (Å²) in [5, 5.41) is 2.79. The number of hydrogen-bond donors (Lipinski definition) is 1. The standard InChI is InChI=1S/C29H38N2O6S/c1-17-6-8-25(9-7-17)38(34,35)31-16-24(18(2)19(31)3)15-29(4,27(32)36-5)30-28(33)37-26-22-11-20-10-21(13-22)14-23(26)12-20/h6-9,16,20-23,26H,10-15H2,1-5H3,(H,30,33).